The van der Waals surface area contributed by atoms with Gasteiger partial charge in [-0.05, 0) is 31.4 Å². The summed E-state index contributed by atoms with van der Waals surface area (Å²) in [6.45, 7) is 6.09. The molecule has 0 fully saturated rings. The van der Waals surface area contributed by atoms with Crippen molar-refractivity contribution in [3.05, 3.63) is 35.4 Å². The third-order valence-electron chi connectivity index (χ3n) is 2.87. The number of rotatable bonds is 4. The van der Waals surface area contributed by atoms with Crippen LogP contribution in [0.15, 0.2) is 23.2 Å². The maximum Gasteiger partial charge on any atom is 0.131 e. The highest BCUT2D eigenvalue weighted by Gasteiger charge is 2.08. The van der Waals surface area contributed by atoms with Gasteiger partial charge in [-0.25, -0.2) is 8.78 Å². The van der Waals surface area contributed by atoms with Crippen LogP contribution in [0.2, 0.25) is 0 Å². The van der Waals surface area contributed by atoms with Crippen LogP contribution in [0.25, 0.3) is 0 Å². The first-order chi connectivity index (χ1) is 7.56. The summed E-state index contributed by atoms with van der Waals surface area (Å²) in [4.78, 5) is 4.22. The topological polar surface area (TPSA) is 12.4 Å². The lowest BCUT2D eigenvalue weighted by Crippen LogP contribution is -2.06. The first-order valence-electron chi connectivity index (χ1n) is 5.50. The summed E-state index contributed by atoms with van der Waals surface area (Å²) >= 11 is 0. The number of nitrogens with zero attached hydrogens (tertiary/aromatic N) is 1. The fourth-order valence-electron chi connectivity index (χ4n) is 1.34. The van der Waals surface area contributed by atoms with Crippen LogP contribution in [-0.2, 0) is 6.54 Å². The van der Waals surface area contributed by atoms with E-state index >= 15 is 0 Å². The number of hydrogen-bond donors (Lipinski definition) is 0. The zero-order valence-electron chi connectivity index (χ0n) is 9.93. The summed E-state index contributed by atoms with van der Waals surface area (Å²) in [5.74, 6) is -0.698. The van der Waals surface area contributed by atoms with Crippen LogP contribution >= 0.6 is 0 Å². The minimum atomic E-state index is -0.527. The molecule has 1 atom stereocenters. The zero-order valence-corrected chi connectivity index (χ0v) is 9.93. The standard InChI is InChI=1S/C13H17F2N/c1-4-9(2)10(3)16-8-11-12(14)6-5-7-13(11)15/h5-7,9H,4,8H2,1-3H3. The van der Waals surface area contributed by atoms with Crippen molar-refractivity contribution in [2.75, 3.05) is 0 Å². The van der Waals surface area contributed by atoms with Crippen LogP contribution in [0.1, 0.15) is 32.8 Å². The van der Waals surface area contributed by atoms with Gasteiger partial charge in [0, 0.05) is 11.3 Å². The van der Waals surface area contributed by atoms with E-state index in [-0.39, 0.29) is 12.1 Å². The SMILES string of the molecule is CCC(C)C(C)=NCc1c(F)cccc1F. The third-order valence-corrected chi connectivity index (χ3v) is 2.87. The van der Waals surface area contributed by atoms with Crippen molar-refractivity contribution in [1.29, 1.82) is 0 Å². The Morgan fingerprint density at radius 2 is 1.88 bits per heavy atom. The van der Waals surface area contributed by atoms with Gasteiger partial charge in [-0.2, -0.15) is 0 Å². The second-order valence-electron chi connectivity index (χ2n) is 3.97. The second-order valence-corrected chi connectivity index (χ2v) is 3.97. The maximum atomic E-state index is 13.3. The number of halogens is 2. The lowest BCUT2D eigenvalue weighted by molar-refractivity contribution is 0.556. The Morgan fingerprint density at radius 1 is 1.31 bits per heavy atom. The molecule has 0 saturated carbocycles. The zero-order chi connectivity index (χ0) is 12.1. The number of aliphatic imine (C=N–C) groups is 1. The van der Waals surface area contributed by atoms with Crippen molar-refractivity contribution in [2.24, 2.45) is 10.9 Å². The first kappa shape index (κ1) is 12.8. The van der Waals surface area contributed by atoms with E-state index in [4.69, 9.17) is 0 Å². The van der Waals surface area contributed by atoms with Crippen molar-refractivity contribution in [3.8, 4) is 0 Å². The van der Waals surface area contributed by atoms with Crippen LogP contribution in [0, 0.1) is 17.6 Å². The quantitative estimate of drug-likeness (QED) is 0.687. The summed E-state index contributed by atoms with van der Waals surface area (Å²) in [7, 11) is 0. The van der Waals surface area contributed by atoms with Gasteiger partial charge in [0.1, 0.15) is 11.6 Å². The fraction of sp³-hybridized carbons (Fsp3) is 0.462. The summed E-state index contributed by atoms with van der Waals surface area (Å²) < 4.78 is 26.5. The normalized spacial score (nSPS) is 13.9. The van der Waals surface area contributed by atoms with E-state index in [1.807, 2.05) is 6.92 Å². The average molecular weight is 225 g/mol. The molecule has 0 amide bonds. The molecule has 0 spiro atoms. The molecule has 0 N–H and O–H groups in total. The molecule has 0 aromatic heterocycles. The first-order valence-corrected chi connectivity index (χ1v) is 5.50. The fourth-order valence-corrected chi connectivity index (χ4v) is 1.34. The van der Waals surface area contributed by atoms with Gasteiger partial charge in [0.2, 0.25) is 0 Å². The molecule has 1 rings (SSSR count). The van der Waals surface area contributed by atoms with Crippen LogP contribution in [-0.4, -0.2) is 5.71 Å². The summed E-state index contributed by atoms with van der Waals surface area (Å²) in [6, 6.07) is 3.87. The highest BCUT2D eigenvalue weighted by atomic mass is 19.1. The molecule has 1 aromatic rings. The van der Waals surface area contributed by atoms with Crippen LogP contribution < -0.4 is 0 Å². The van der Waals surface area contributed by atoms with E-state index in [1.165, 1.54) is 18.2 Å². The lowest BCUT2D eigenvalue weighted by Gasteiger charge is -2.08. The molecule has 0 saturated heterocycles. The van der Waals surface area contributed by atoms with Crippen molar-refractivity contribution in [1.82, 2.24) is 0 Å². The average Bonchev–Trinajstić information content (AvgIpc) is 2.27. The smallest absolute Gasteiger partial charge is 0.131 e. The van der Waals surface area contributed by atoms with Crippen molar-refractivity contribution >= 4 is 5.71 Å². The summed E-state index contributed by atoms with van der Waals surface area (Å²) in [5.41, 5.74) is 0.982. The highest BCUT2D eigenvalue weighted by molar-refractivity contribution is 5.83. The molecule has 1 unspecified atom stereocenters. The molecule has 0 radical (unpaired) electrons. The Balaban J connectivity index is 2.82. The van der Waals surface area contributed by atoms with Gasteiger partial charge in [-0.15, -0.1) is 0 Å². The van der Waals surface area contributed by atoms with Crippen LogP contribution in [0.5, 0.6) is 0 Å². The van der Waals surface area contributed by atoms with Crippen molar-refractivity contribution < 1.29 is 8.78 Å². The van der Waals surface area contributed by atoms with Gasteiger partial charge >= 0.3 is 0 Å². The van der Waals surface area contributed by atoms with Gasteiger partial charge in [-0.3, -0.25) is 4.99 Å². The van der Waals surface area contributed by atoms with Gasteiger partial charge < -0.3 is 0 Å². The molecule has 1 nitrogen and oxygen atoms in total. The van der Waals surface area contributed by atoms with Crippen LogP contribution in [0.3, 0.4) is 0 Å². The maximum absolute atomic E-state index is 13.3. The molecule has 0 aliphatic heterocycles. The van der Waals surface area contributed by atoms with E-state index in [0.717, 1.165) is 12.1 Å². The van der Waals surface area contributed by atoms with E-state index in [0.29, 0.717) is 5.92 Å². The Labute approximate surface area is 95.2 Å². The number of hydrogen-bond acceptors (Lipinski definition) is 1. The molecular weight excluding hydrogens is 208 g/mol. The molecule has 0 bridgehead atoms. The van der Waals surface area contributed by atoms with E-state index in [9.17, 15) is 8.78 Å². The van der Waals surface area contributed by atoms with Gasteiger partial charge in [-0.1, -0.05) is 19.9 Å². The van der Waals surface area contributed by atoms with Crippen molar-refractivity contribution in [2.45, 2.75) is 33.7 Å². The van der Waals surface area contributed by atoms with E-state index in [2.05, 4.69) is 18.8 Å². The van der Waals surface area contributed by atoms with Gasteiger partial charge in [0.25, 0.3) is 0 Å². The molecule has 88 valence electrons. The monoisotopic (exact) mass is 225 g/mol. The third kappa shape index (κ3) is 3.12. The molecule has 16 heavy (non-hydrogen) atoms. The Kier molecular flexibility index (Phi) is 4.59. The minimum Gasteiger partial charge on any atom is -0.289 e. The molecular formula is C13H17F2N. The lowest BCUT2D eigenvalue weighted by atomic mass is 10.0. The summed E-state index contributed by atoms with van der Waals surface area (Å²) in [6.07, 6.45) is 0.981. The van der Waals surface area contributed by atoms with Gasteiger partial charge in [0.05, 0.1) is 6.54 Å². The van der Waals surface area contributed by atoms with E-state index in [1.54, 1.807) is 0 Å². The highest BCUT2D eigenvalue weighted by Crippen LogP contribution is 2.14. The predicted molar refractivity (Wildman–Crippen MR) is 62.6 cm³/mol. The molecule has 0 aliphatic rings. The summed E-state index contributed by atoms with van der Waals surface area (Å²) in [5, 5.41) is 0. The van der Waals surface area contributed by atoms with Crippen LogP contribution in [0.4, 0.5) is 8.78 Å². The number of benzene rings is 1. The Hall–Kier alpha value is -1.25. The Morgan fingerprint density at radius 3 is 2.38 bits per heavy atom. The van der Waals surface area contributed by atoms with Crippen molar-refractivity contribution in [3.63, 3.8) is 0 Å². The molecule has 0 aliphatic carbocycles. The molecule has 1 aromatic carbocycles. The van der Waals surface area contributed by atoms with Gasteiger partial charge in [0.15, 0.2) is 0 Å². The molecule has 0 heterocycles. The Bertz CT molecular complexity index is 365. The largest absolute Gasteiger partial charge is 0.289 e. The molecule has 3 heteroatoms. The van der Waals surface area contributed by atoms with E-state index < -0.39 is 11.6 Å². The second kappa shape index (κ2) is 5.73. The predicted octanol–water partition coefficient (Wildman–Crippen LogP) is 3.97. The minimum absolute atomic E-state index is 0.0464.